The van der Waals surface area contributed by atoms with Crippen molar-refractivity contribution < 1.29 is 18.7 Å². The van der Waals surface area contributed by atoms with Gasteiger partial charge in [-0.1, -0.05) is 19.9 Å². The molecule has 188 valence electrons. The second-order valence-electron chi connectivity index (χ2n) is 10.1. The quantitative estimate of drug-likeness (QED) is 0.443. The van der Waals surface area contributed by atoms with E-state index in [1.165, 1.54) is 18.1 Å². The first kappa shape index (κ1) is 23.1. The van der Waals surface area contributed by atoms with Crippen LogP contribution in [0.2, 0.25) is 0 Å². The molecule has 8 nitrogen and oxygen atoms in total. The zero-order valence-corrected chi connectivity index (χ0v) is 21.1. The number of carbonyl (C=O) groups is 2. The number of aromatic nitrogens is 1. The minimum atomic E-state index is -0.717. The Morgan fingerprint density at radius 2 is 2.00 bits per heavy atom. The molecule has 2 aromatic carbocycles. The molecule has 8 heteroatoms. The second-order valence-corrected chi connectivity index (χ2v) is 10.1. The van der Waals surface area contributed by atoms with Crippen molar-refractivity contribution in [3.8, 4) is 5.75 Å². The third-order valence-corrected chi connectivity index (χ3v) is 7.20. The highest BCUT2D eigenvalue weighted by Gasteiger charge is 2.42. The lowest BCUT2D eigenvalue weighted by atomic mass is 9.84. The Morgan fingerprint density at radius 3 is 2.73 bits per heavy atom. The first-order chi connectivity index (χ1) is 17.8. The summed E-state index contributed by atoms with van der Waals surface area (Å²) in [5.41, 5.74) is 4.24. The van der Waals surface area contributed by atoms with Gasteiger partial charge in [0.2, 0.25) is 5.91 Å². The lowest BCUT2D eigenvalue weighted by Gasteiger charge is -2.19. The molecule has 37 heavy (non-hydrogen) atoms. The third-order valence-electron chi connectivity index (χ3n) is 7.20. The summed E-state index contributed by atoms with van der Waals surface area (Å²) in [7, 11) is 1.54. The summed E-state index contributed by atoms with van der Waals surface area (Å²) in [5, 5.41) is 4.77. The SMILES string of the molecule is COc1ccc2occ([C@@H]3C4=C(CN(C(C)=O)C4=O)Nc4cccc5c4c3cn5CC(C)C)c(=O)c2c1. The van der Waals surface area contributed by atoms with Gasteiger partial charge in [0, 0.05) is 42.0 Å². The van der Waals surface area contributed by atoms with Crippen molar-refractivity contribution in [1.82, 2.24) is 9.47 Å². The predicted octanol–water partition coefficient (Wildman–Crippen LogP) is 4.61. The van der Waals surface area contributed by atoms with Gasteiger partial charge in [-0.15, -0.1) is 0 Å². The van der Waals surface area contributed by atoms with Gasteiger partial charge in [-0.25, -0.2) is 0 Å². The van der Waals surface area contributed by atoms with Crippen LogP contribution in [0.15, 0.2) is 69.3 Å². The van der Waals surface area contributed by atoms with Crippen molar-refractivity contribution in [2.75, 3.05) is 19.0 Å². The van der Waals surface area contributed by atoms with Crippen LogP contribution in [-0.4, -0.2) is 34.9 Å². The Labute approximate surface area is 213 Å². The highest BCUT2D eigenvalue weighted by atomic mass is 16.5. The largest absolute Gasteiger partial charge is 0.497 e. The summed E-state index contributed by atoms with van der Waals surface area (Å²) in [6.07, 6.45) is 3.49. The maximum Gasteiger partial charge on any atom is 0.259 e. The van der Waals surface area contributed by atoms with Gasteiger partial charge in [-0.3, -0.25) is 19.3 Å². The average molecular weight is 498 g/mol. The molecule has 0 aliphatic carbocycles. The number of hydrogen-bond acceptors (Lipinski definition) is 6. The minimum absolute atomic E-state index is 0.124. The molecule has 2 aliphatic heterocycles. The molecular formula is C29H27N3O5. The molecule has 0 unspecified atom stereocenters. The number of hydrogen-bond donors (Lipinski definition) is 1. The summed E-state index contributed by atoms with van der Waals surface area (Å²) < 4.78 is 13.4. The first-order valence-corrected chi connectivity index (χ1v) is 12.3. The Balaban J connectivity index is 1.67. The summed E-state index contributed by atoms with van der Waals surface area (Å²) in [6.45, 7) is 6.57. The average Bonchev–Trinajstić information content (AvgIpc) is 3.34. The van der Waals surface area contributed by atoms with Crippen LogP contribution in [0.4, 0.5) is 5.69 Å². The number of benzene rings is 2. The smallest absolute Gasteiger partial charge is 0.259 e. The first-order valence-electron chi connectivity index (χ1n) is 12.3. The summed E-state index contributed by atoms with van der Waals surface area (Å²) >= 11 is 0. The molecule has 0 radical (unpaired) electrons. The van der Waals surface area contributed by atoms with E-state index in [0.29, 0.717) is 39.5 Å². The molecule has 0 spiro atoms. The number of amides is 2. The number of imide groups is 1. The number of fused-ring (bicyclic) bond motifs is 1. The number of methoxy groups -OCH3 is 1. The molecule has 6 rings (SSSR count). The van der Waals surface area contributed by atoms with E-state index in [1.54, 1.807) is 25.3 Å². The maximum atomic E-state index is 14.0. The molecule has 0 saturated heterocycles. The van der Waals surface area contributed by atoms with Crippen LogP contribution in [0, 0.1) is 5.92 Å². The van der Waals surface area contributed by atoms with Crippen molar-refractivity contribution in [2.24, 2.45) is 5.92 Å². The third kappa shape index (κ3) is 3.47. The molecule has 0 bridgehead atoms. The summed E-state index contributed by atoms with van der Waals surface area (Å²) in [6, 6.07) is 11.1. The van der Waals surface area contributed by atoms with E-state index < -0.39 is 11.8 Å². The lowest BCUT2D eigenvalue weighted by Crippen LogP contribution is -2.33. The van der Waals surface area contributed by atoms with Crippen LogP contribution < -0.4 is 15.5 Å². The van der Waals surface area contributed by atoms with Crippen molar-refractivity contribution >= 4 is 39.4 Å². The zero-order chi connectivity index (χ0) is 26.0. The van der Waals surface area contributed by atoms with Crippen molar-refractivity contribution in [3.05, 3.63) is 81.5 Å². The Bertz CT molecular complexity index is 1710. The number of carbonyl (C=O) groups excluding carboxylic acids is 2. The Hall–Kier alpha value is -4.33. The highest BCUT2D eigenvalue weighted by Crippen LogP contribution is 2.46. The van der Waals surface area contributed by atoms with E-state index in [2.05, 4.69) is 29.8 Å². The van der Waals surface area contributed by atoms with Crippen LogP contribution in [-0.2, 0) is 16.1 Å². The molecular weight excluding hydrogens is 470 g/mol. The van der Waals surface area contributed by atoms with Crippen LogP contribution in [0.1, 0.15) is 37.8 Å². The summed E-state index contributed by atoms with van der Waals surface area (Å²) in [5.74, 6) is -0.538. The monoisotopic (exact) mass is 497 g/mol. The van der Waals surface area contributed by atoms with Gasteiger partial charge < -0.3 is 19.0 Å². The molecule has 0 fully saturated rings. The van der Waals surface area contributed by atoms with Crippen molar-refractivity contribution in [1.29, 1.82) is 0 Å². The molecule has 4 heterocycles. The van der Waals surface area contributed by atoms with Crippen molar-refractivity contribution in [2.45, 2.75) is 33.2 Å². The van der Waals surface area contributed by atoms with Gasteiger partial charge in [0.15, 0.2) is 5.43 Å². The van der Waals surface area contributed by atoms with E-state index in [1.807, 2.05) is 18.3 Å². The van der Waals surface area contributed by atoms with E-state index >= 15 is 0 Å². The van der Waals surface area contributed by atoms with Gasteiger partial charge >= 0.3 is 0 Å². The van der Waals surface area contributed by atoms with Crippen molar-refractivity contribution in [3.63, 3.8) is 0 Å². The predicted molar refractivity (Wildman–Crippen MR) is 141 cm³/mol. The number of anilines is 1. The number of rotatable bonds is 4. The normalized spacial score (nSPS) is 16.9. The number of nitrogens with zero attached hydrogens (tertiary/aromatic N) is 2. The molecule has 0 saturated carbocycles. The van der Waals surface area contributed by atoms with E-state index in [4.69, 9.17) is 9.15 Å². The second kappa shape index (κ2) is 8.37. The Kier molecular flexibility index (Phi) is 5.22. The maximum absolute atomic E-state index is 14.0. The lowest BCUT2D eigenvalue weighted by molar-refractivity contribution is -0.139. The van der Waals surface area contributed by atoms with E-state index in [0.717, 1.165) is 28.7 Å². The van der Waals surface area contributed by atoms with Gasteiger partial charge in [0.25, 0.3) is 5.91 Å². The summed E-state index contributed by atoms with van der Waals surface area (Å²) in [4.78, 5) is 41.2. The van der Waals surface area contributed by atoms with Gasteiger partial charge in [-0.2, -0.15) is 0 Å². The zero-order valence-electron chi connectivity index (χ0n) is 21.1. The topological polar surface area (TPSA) is 93.8 Å². The minimum Gasteiger partial charge on any atom is -0.497 e. The van der Waals surface area contributed by atoms with Gasteiger partial charge in [-0.05, 0) is 41.8 Å². The van der Waals surface area contributed by atoms with Crippen LogP contribution in [0.5, 0.6) is 5.75 Å². The molecule has 2 aliphatic rings. The van der Waals surface area contributed by atoms with Crippen LogP contribution in [0.3, 0.4) is 0 Å². The fourth-order valence-corrected chi connectivity index (χ4v) is 5.59. The van der Waals surface area contributed by atoms with Gasteiger partial charge in [0.1, 0.15) is 11.3 Å². The molecule has 4 aromatic rings. The highest BCUT2D eigenvalue weighted by molar-refractivity contribution is 6.11. The molecule has 2 aromatic heterocycles. The van der Waals surface area contributed by atoms with Crippen LogP contribution >= 0.6 is 0 Å². The van der Waals surface area contributed by atoms with E-state index in [-0.39, 0.29) is 17.9 Å². The number of nitrogens with one attached hydrogen (secondary N) is 1. The fraction of sp³-hybridized carbons (Fsp3) is 0.276. The standard InChI is InChI=1S/C29H27N3O5/c1-15(2)11-31-12-19-25(20-14-37-24-9-8-17(36-4)10-18(24)28(20)34)27-22(13-32(16(3)33)29(27)35)30-21-6-5-7-23(31)26(19)21/h5-10,12,14-15,25,30H,11,13H2,1-4H3/t25-/m1/s1. The van der Waals surface area contributed by atoms with E-state index in [9.17, 15) is 14.4 Å². The van der Waals surface area contributed by atoms with Gasteiger partial charge in [0.05, 0.1) is 42.3 Å². The van der Waals surface area contributed by atoms with Crippen LogP contribution in [0.25, 0.3) is 21.9 Å². The fourth-order valence-electron chi connectivity index (χ4n) is 5.59. The molecule has 1 N–H and O–H groups in total. The Morgan fingerprint density at radius 1 is 1.19 bits per heavy atom. The number of ether oxygens (including phenoxy) is 1. The molecule has 2 amide bonds. The molecule has 1 atom stereocenters.